The van der Waals surface area contributed by atoms with Crippen molar-refractivity contribution < 1.29 is 18.7 Å². The van der Waals surface area contributed by atoms with Gasteiger partial charge in [-0.15, -0.1) is 0 Å². The maximum absolute atomic E-state index is 13.0. The molecule has 144 valence electrons. The Morgan fingerprint density at radius 2 is 1.66 bits per heavy atom. The van der Waals surface area contributed by atoms with E-state index in [1.54, 1.807) is 19.2 Å². The first-order chi connectivity index (χ1) is 14.1. The molecule has 1 heterocycles. The third-order valence-corrected chi connectivity index (χ3v) is 4.67. The molecule has 4 rings (SSSR count). The molecule has 5 heteroatoms. The normalized spacial score (nSPS) is 17.7. The Bertz CT molecular complexity index is 1100. The van der Waals surface area contributed by atoms with Crippen LogP contribution in [0.25, 0.3) is 0 Å². The van der Waals surface area contributed by atoms with E-state index in [0.29, 0.717) is 5.75 Å². The van der Waals surface area contributed by atoms with Gasteiger partial charge in [-0.2, -0.15) is 0 Å². The Morgan fingerprint density at radius 1 is 0.931 bits per heavy atom. The molecule has 3 aromatic rings. The van der Waals surface area contributed by atoms with Gasteiger partial charge in [-0.1, -0.05) is 36.1 Å². The second kappa shape index (κ2) is 8.07. The highest BCUT2D eigenvalue weighted by atomic mass is 19.1. The second-order valence-electron chi connectivity index (χ2n) is 6.61. The van der Waals surface area contributed by atoms with Crippen LogP contribution in [0.1, 0.15) is 34.4 Å². The van der Waals surface area contributed by atoms with Gasteiger partial charge in [0.15, 0.2) is 6.10 Å². The van der Waals surface area contributed by atoms with Crippen LogP contribution < -0.4 is 10.1 Å². The van der Waals surface area contributed by atoms with E-state index in [9.17, 15) is 9.18 Å². The molecule has 1 N–H and O–H groups in total. The molecular weight excluding hydrogens is 369 g/mol. The van der Waals surface area contributed by atoms with Crippen LogP contribution in [0.15, 0.2) is 72.8 Å². The summed E-state index contributed by atoms with van der Waals surface area (Å²) in [6.07, 6.45) is -0.941. The predicted molar refractivity (Wildman–Crippen MR) is 107 cm³/mol. The molecule has 1 aliphatic heterocycles. The molecular formula is C24H18FNO3. The van der Waals surface area contributed by atoms with Gasteiger partial charge in [0.2, 0.25) is 0 Å². The van der Waals surface area contributed by atoms with Crippen LogP contribution in [-0.4, -0.2) is 13.2 Å². The molecule has 0 radical (unpaired) electrons. The summed E-state index contributed by atoms with van der Waals surface area (Å²) in [5.74, 6) is 6.51. The average molecular weight is 387 g/mol. The molecule has 0 unspecified atom stereocenters. The number of rotatable bonds is 3. The number of alkyl carbamates (subject to hydrolysis) is 1. The summed E-state index contributed by atoms with van der Waals surface area (Å²) in [7, 11) is 1.60. The summed E-state index contributed by atoms with van der Waals surface area (Å²) >= 11 is 0. The van der Waals surface area contributed by atoms with E-state index >= 15 is 0 Å². The van der Waals surface area contributed by atoms with Crippen LogP contribution in [0.4, 0.5) is 9.18 Å². The standard InChI is InChI=1S/C24H18FNO3/c1-28-21-7-3-6-19(15-21)23-22(26-24(27)29-23)18-5-2-4-17(14-18)9-8-16-10-12-20(25)13-11-16/h2-7,10-15,22-23H,1H3,(H,26,27)/t22-,23-/m1/s1. The first-order valence-corrected chi connectivity index (χ1v) is 9.11. The molecule has 0 saturated carbocycles. The molecule has 1 fully saturated rings. The van der Waals surface area contributed by atoms with Crippen molar-refractivity contribution >= 4 is 6.09 Å². The lowest BCUT2D eigenvalue weighted by Crippen LogP contribution is -2.19. The Labute approximate surface area is 168 Å². The van der Waals surface area contributed by atoms with Crippen LogP contribution in [0.3, 0.4) is 0 Å². The van der Waals surface area contributed by atoms with E-state index < -0.39 is 12.2 Å². The maximum Gasteiger partial charge on any atom is 0.408 e. The van der Waals surface area contributed by atoms with Gasteiger partial charge in [0.05, 0.1) is 13.2 Å². The van der Waals surface area contributed by atoms with Crippen LogP contribution >= 0.6 is 0 Å². The fourth-order valence-electron chi connectivity index (χ4n) is 3.24. The van der Waals surface area contributed by atoms with Gasteiger partial charge in [-0.3, -0.25) is 0 Å². The Kier molecular flexibility index (Phi) is 5.17. The number of amides is 1. The molecule has 29 heavy (non-hydrogen) atoms. The van der Waals surface area contributed by atoms with Crippen molar-refractivity contribution in [2.75, 3.05) is 7.11 Å². The highest BCUT2D eigenvalue weighted by molar-refractivity contribution is 5.71. The van der Waals surface area contributed by atoms with Crippen molar-refractivity contribution in [2.45, 2.75) is 12.1 Å². The quantitative estimate of drug-likeness (QED) is 0.660. The van der Waals surface area contributed by atoms with Crippen LogP contribution in [-0.2, 0) is 4.74 Å². The van der Waals surface area contributed by atoms with Gasteiger partial charge in [0.1, 0.15) is 11.6 Å². The van der Waals surface area contributed by atoms with Crippen LogP contribution in [0.5, 0.6) is 5.75 Å². The first-order valence-electron chi connectivity index (χ1n) is 9.11. The van der Waals surface area contributed by atoms with Crippen molar-refractivity contribution in [1.82, 2.24) is 5.32 Å². The zero-order valence-corrected chi connectivity index (χ0v) is 15.7. The van der Waals surface area contributed by atoms with Crippen LogP contribution in [0.2, 0.25) is 0 Å². The first kappa shape index (κ1) is 18.6. The minimum absolute atomic E-state index is 0.293. The lowest BCUT2D eigenvalue weighted by molar-refractivity contribution is 0.132. The topological polar surface area (TPSA) is 47.6 Å². The van der Waals surface area contributed by atoms with E-state index in [2.05, 4.69) is 17.2 Å². The number of hydrogen-bond acceptors (Lipinski definition) is 3. The molecule has 1 aliphatic rings. The zero-order valence-electron chi connectivity index (χ0n) is 15.7. The summed E-state index contributed by atoms with van der Waals surface area (Å²) in [5.41, 5.74) is 3.24. The molecule has 0 bridgehead atoms. The molecule has 1 saturated heterocycles. The monoisotopic (exact) mass is 387 g/mol. The Balaban J connectivity index is 1.62. The van der Waals surface area contributed by atoms with Gasteiger partial charge in [-0.25, -0.2) is 9.18 Å². The van der Waals surface area contributed by atoms with Gasteiger partial charge < -0.3 is 14.8 Å². The van der Waals surface area contributed by atoms with E-state index in [1.807, 2.05) is 48.5 Å². The molecule has 4 nitrogen and oxygen atoms in total. The van der Waals surface area contributed by atoms with E-state index in [4.69, 9.17) is 9.47 Å². The predicted octanol–water partition coefficient (Wildman–Crippen LogP) is 4.76. The summed E-state index contributed by atoms with van der Waals surface area (Å²) in [6.45, 7) is 0. The number of nitrogens with one attached hydrogen (secondary N) is 1. The number of methoxy groups -OCH3 is 1. The fraction of sp³-hybridized carbons (Fsp3) is 0.125. The minimum Gasteiger partial charge on any atom is -0.497 e. The molecule has 3 aromatic carbocycles. The summed E-state index contributed by atoms with van der Waals surface area (Å²) in [5, 5.41) is 2.87. The average Bonchev–Trinajstić information content (AvgIpc) is 3.15. The fourth-order valence-corrected chi connectivity index (χ4v) is 3.24. The number of carbonyl (C=O) groups excluding carboxylic acids is 1. The maximum atomic E-state index is 13.0. The van der Waals surface area contributed by atoms with Crippen molar-refractivity contribution in [2.24, 2.45) is 0 Å². The van der Waals surface area contributed by atoms with E-state index in [-0.39, 0.29) is 11.9 Å². The molecule has 0 aliphatic carbocycles. The number of ether oxygens (including phenoxy) is 2. The van der Waals surface area contributed by atoms with Crippen molar-refractivity contribution in [1.29, 1.82) is 0 Å². The smallest absolute Gasteiger partial charge is 0.408 e. The van der Waals surface area contributed by atoms with Crippen molar-refractivity contribution in [3.8, 4) is 17.6 Å². The Hall–Kier alpha value is -3.78. The lowest BCUT2D eigenvalue weighted by Gasteiger charge is -2.18. The highest BCUT2D eigenvalue weighted by Crippen LogP contribution is 2.37. The Morgan fingerprint density at radius 3 is 2.45 bits per heavy atom. The van der Waals surface area contributed by atoms with Gasteiger partial charge >= 0.3 is 6.09 Å². The van der Waals surface area contributed by atoms with Gasteiger partial charge in [-0.05, 0) is 59.7 Å². The highest BCUT2D eigenvalue weighted by Gasteiger charge is 2.36. The van der Waals surface area contributed by atoms with Crippen molar-refractivity contribution in [3.63, 3.8) is 0 Å². The van der Waals surface area contributed by atoms with E-state index in [1.165, 1.54) is 12.1 Å². The van der Waals surface area contributed by atoms with E-state index in [0.717, 1.165) is 22.3 Å². The molecule has 2 atom stereocenters. The zero-order chi connectivity index (χ0) is 20.2. The minimum atomic E-state index is -0.474. The third kappa shape index (κ3) is 4.22. The second-order valence-corrected chi connectivity index (χ2v) is 6.61. The SMILES string of the molecule is COc1cccc([C@H]2OC(=O)N[C@@H]2c2cccc(C#Cc3ccc(F)cc3)c2)c1. The van der Waals surface area contributed by atoms with Gasteiger partial charge in [0.25, 0.3) is 0 Å². The molecule has 0 spiro atoms. The number of cyclic esters (lactones) is 1. The number of carbonyl (C=O) groups is 1. The summed E-state index contributed by atoms with van der Waals surface area (Å²) < 4.78 is 23.8. The summed E-state index contributed by atoms with van der Waals surface area (Å²) in [6, 6.07) is 20.8. The number of hydrogen-bond donors (Lipinski definition) is 1. The lowest BCUT2D eigenvalue weighted by atomic mass is 9.95. The van der Waals surface area contributed by atoms with Gasteiger partial charge in [0, 0.05) is 11.1 Å². The molecule has 1 amide bonds. The van der Waals surface area contributed by atoms with Crippen LogP contribution in [0, 0.1) is 17.7 Å². The summed E-state index contributed by atoms with van der Waals surface area (Å²) in [4.78, 5) is 12.0. The van der Waals surface area contributed by atoms with Crippen molar-refractivity contribution in [3.05, 3.63) is 101 Å². The largest absolute Gasteiger partial charge is 0.497 e. The number of halogens is 1. The number of benzene rings is 3. The molecule has 0 aromatic heterocycles. The third-order valence-electron chi connectivity index (χ3n) is 4.67.